The van der Waals surface area contributed by atoms with E-state index in [4.69, 9.17) is 5.73 Å². The molecule has 0 amide bonds. The van der Waals surface area contributed by atoms with E-state index in [-0.39, 0.29) is 6.10 Å². The Kier molecular flexibility index (Phi) is 4.74. The third-order valence-corrected chi connectivity index (χ3v) is 4.89. The minimum atomic E-state index is -0.232. The number of rotatable bonds is 3. The van der Waals surface area contributed by atoms with Gasteiger partial charge in [-0.15, -0.1) is 0 Å². The molecule has 3 heteroatoms. The zero-order valence-corrected chi connectivity index (χ0v) is 10.3. The van der Waals surface area contributed by atoms with Crippen molar-refractivity contribution in [1.29, 1.82) is 0 Å². The summed E-state index contributed by atoms with van der Waals surface area (Å²) >= 11 is 1.87. The fourth-order valence-electron chi connectivity index (χ4n) is 1.90. The van der Waals surface area contributed by atoms with Gasteiger partial charge in [-0.25, -0.2) is 0 Å². The van der Waals surface area contributed by atoms with Gasteiger partial charge < -0.3 is 10.8 Å². The minimum absolute atomic E-state index is 0.232. The standard InChI is InChI=1S/C11H23NOS/c1-7-4-5-10(12)11(6-7)14-9(3)8(2)13/h7-11,13H,4-6,12H2,1-3H3. The number of aliphatic hydroxyl groups is 1. The van der Waals surface area contributed by atoms with Crippen LogP contribution in [0.25, 0.3) is 0 Å². The summed E-state index contributed by atoms with van der Waals surface area (Å²) in [4.78, 5) is 0. The van der Waals surface area contributed by atoms with Crippen LogP contribution >= 0.6 is 11.8 Å². The van der Waals surface area contributed by atoms with Crippen LogP contribution in [-0.2, 0) is 0 Å². The molecule has 5 atom stereocenters. The van der Waals surface area contributed by atoms with Crippen LogP contribution in [0.3, 0.4) is 0 Å². The summed E-state index contributed by atoms with van der Waals surface area (Å²) in [7, 11) is 0. The topological polar surface area (TPSA) is 46.2 Å². The lowest BCUT2D eigenvalue weighted by molar-refractivity contribution is 0.195. The number of aliphatic hydroxyl groups excluding tert-OH is 1. The van der Waals surface area contributed by atoms with Gasteiger partial charge in [-0.2, -0.15) is 11.8 Å². The third kappa shape index (κ3) is 3.44. The van der Waals surface area contributed by atoms with Gasteiger partial charge in [0.05, 0.1) is 6.10 Å². The first-order chi connectivity index (χ1) is 6.50. The van der Waals surface area contributed by atoms with Gasteiger partial charge in [-0.1, -0.05) is 13.8 Å². The second kappa shape index (κ2) is 5.38. The molecule has 0 aromatic rings. The van der Waals surface area contributed by atoms with Gasteiger partial charge in [0, 0.05) is 16.5 Å². The first-order valence-corrected chi connectivity index (χ1v) is 6.54. The van der Waals surface area contributed by atoms with Crippen LogP contribution in [0.1, 0.15) is 40.0 Å². The second-order valence-electron chi connectivity index (χ2n) is 4.70. The van der Waals surface area contributed by atoms with Crippen molar-refractivity contribution < 1.29 is 5.11 Å². The fraction of sp³-hybridized carbons (Fsp3) is 1.00. The molecule has 0 radical (unpaired) electrons. The first kappa shape index (κ1) is 12.3. The van der Waals surface area contributed by atoms with Crippen LogP contribution in [0.5, 0.6) is 0 Å². The van der Waals surface area contributed by atoms with Crippen molar-refractivity contribution in [2.45, 2.75) is 62.7 Å². The van der Waals surface area contributed by atoms with Crippen LogP contribution in [0.2, 0.25) is 0 Å². The molecule has 0 heterocycles. The van der Waals surface area contributed by atoms with Gasteiger partial charge in [0.2, 0.25) is 0 Å². The fourth-order valence-corrected chi connectivity index (χ4v) is 3.45. The molecule has 1 aliphatic rings. The zero-order chi connectivity index (χ0) is 10.7. The molecule has 2 nitrogen and oxygen atoms in total. The molecule has 0 aliphatic heterocycles. The van der Waals surface area contributed by atoms with E-state index >= 15 is 0 Å². The quantitative estimate of drug-likeness (QED) is 0.760. The number of thioether (sulfide) groups is 1. The summed E-state index contributed by atoms with van der Waals surface area (Å²) in [6, 6.07) is 0.331. The van der Waals surface area contributed by atoms with Gasteiger partial charge in [0.25, 0.3) is 0 Å². The Labute approximate surface area is 91.6 Å². The van der Waals surface area contributed by atoms with Gasteiger partial charge in [0.15, 0.2) is 0 Å². The van der Waals surface area contributed by atoms with E-state index in [0.717, 1.165) is 12.3 Å². The Morgan fingerprint density at radius 1 is 1.36 bits per heavy atom. The predicted molar refractivity (Wildman–Crippen MR) is 63.5 cm³/mol. The molecule has 0 bridgehead atoms. The molecule has 5 unspecified atom stereocenters. The van der Waals surface area contributed by atoms with Gasteiger partial charge in [-0.05, 0) is 32.1 Å². The van der Waals surface area contributed by atoms with E-state index in [9.17, 15) is 5.11 Å². The Balaban J connectivity index is 2.41. The molecule has 84 valence electrons. The van der Waals surface area contributed by atoms with Crippen molar-refractivity contribution in [3.8, 4) is 0 Å². The van der Waals surface area contributed by atoms with Crippen LogP contribution in [-0.4, -0.2) is 27.8 Å². The highest BCUT2D eigenvalue weighted by Crippen LogP contribution is 2.34. The molecular weight excluding hydrogens is 194 g/mol. The van der Waals surface area contributed by atoms with Crippen molar-refractivity contribution >= 4 is 11.8 Å². The molecule has 3 N–H and O–H groups in total. The molecule has 0 spiro atoms. The van der Waals surface area contributed by atoms with Gasteiger partial charge >= 0.3 is 0 Å². The van der Waals surface area contributed by atoms with E-state index in [2.05, 4.69) is 13.8 Å². The Hall–Kier alpha value is 0.270. The zero-order valence-electron chi connectivity index (χ0n) is 9.44. The van der Waals surface area contributed by atoms with Crippen molar-refractivity contribution in [1.82, 2.24) is 0 Å². The highest BCUT2D eigenvalue weighted by Gasteiger charge is 2.28. The summed E-state index contributed by atoms with van der Waals surface area (Å²) in [5.41, 5.74) is 6.09. The summed E-state index contributed by atoms with van der Waals surface area (Å²) in [6.07, 6.45) is 3.39. The molecule has 1 saturated carbocycles. The largest absolute Gasteiger partial charge is 0.392 e. The maximum atomic E-state index is 9.44. The monoisotopic (exact) mass is 217 g/mol. The molecule has 1 fully saturated rings. The SMILES string of the molecule is CC1CCC(N)C(SC(C)C(C)O)C1. The molecule has 1 aliphatic carbocycles. The maximum absolute atomic E-state index is 9.44. The highest BCUT2D eigenvalue weighted by atomic mass is 32.2. The van der Waals surface area contributed by atoms with Crippen molar-refractivity contribution in [3.05, 3.63) is 0 Å². The average molecular weight is 217 g/mol. The summed E-state index contributed by atoms with van der Waals surface area (Å²) < 4.78 is 0. The predicted octanol–water partition coefficient (Wildman–Crippen LogP) is 2.00. The lowest BCUT2D eigenvalue weighted by atomic mass is 9.87. The third-order valence-electron chi connectivity index (χ3n) is 3.17. The van der Waals surface area contributed by atoms with Crippen LogP contribution in [0.4, 0.5) is 0 Å². The average Bonchev–Trinajstić information content (AvgIpc) is 2.11. The summed E-state index contributed by atoms with van der Waals surface area (Å²) in [5, 5.41) is 10.3. The maximum Gasteiger partial charge on any atom is 0.0628 e. The van der Waals surface area contributed by atoms with Gasteiger partial charge in [0.1, 0.15) is 0 Å². The van der Waals surface area contributed by atoms with E-state index in [1.807, 2.05) is 18.7 Å². The highest BCUT2D eigenvalue weighted by molar-refractivity contribution is 8.00. The van der Waals surface area contributed by atoms with E-state index in [0.29, 0.717) is 16.5 Å². The number of hydrogen-bond donors (Lipinski definition) is 2. The molecule has 1 rings (SSSR count). The lowest BCUT2D eigenvalue weighted by Crippen LogP contribution is -2.39. The number of nitrogens with two attached hydrogens (primary N) is 1. The Morgan fingerprint density at radius 3 is 2.57 bits per heavy atom. The Bertz CT molecular complexity index is 175. The van der Waals surface area contributed by atoms with Crippen LogP contribution in [0.15, 0.2) is 0 Å². The lowest BCUT2D eigenvalue weighted by Gasteiger charge is -2.34. The van der Waals surface area contributed by atoms with Crippen molar-refractivity contribution in [3.63, 3.8) is 0 Å². The molecular formula is C11H23NOS. The summed E-state index contributed by atoms with van der Waals surface area (Å²) in [5.74, 6) is 0.800. The molecule has 0 aromatic carbocycles. The van der Waals surface area contributed by atoms with Gasteiger partial charge in [-0.3, -0.25) is 0 Å². The van der Waals surface area contributed by atoms with E-state index in [1.165, 1.54) is 12.8 Å². The first-order valence-electron chi connectivity index (χ1n) is 5.59. The molecule has 0 saturated heterocycles. The van der Waals surface area contributed by atoms with Crippen LogP contribution in [0, 0.1) is 5.92 Å². The normalized spacial score (nSPS) is 37.9. The summed E-state index contributed by atoms with van der Waals surface area (Å²) in [6.45, 7) is 6.24. The molecule has 14 heavy (non-hydrogen) atoms. The van der Waals surface area contributed by atoms with E-state index < -0.39 is 0 Å². The smallest absolute Gasteiger partial charge is 0.0628 e. The molecule has 0 aromatic heterocycles. The second-order valence-corrected chi connectivity index (χ2v) is 6.32. The van der Waals surface area contributed by atoms with Crippen LogP contribution < -0.4 is 5.73 Å². The Morgan fingerprint density at radius 2 is 2.00 bits per heavy atom. The van der Waals surface area contributed by atoms with Crippen molar-refractivity contribution in [2.75, 3.05) is 0 Å². The number of hydrogen-bond acceptors (Lipinski definition) is 3. The van der Waals surface area contributed by atoms with Crippen molar-refractivity contribution in [2.24, 2.45) is 11.7 Å². The minimum Gasteiger partial charge on any atom is -0.392 e. The van der Waals surface area contributed by atoms with E-state index in [1.54, 1.807) is 0 Å².